The van der Waals surface area contributed by atoms with E-state index >= 15 is 0 Å². The van der Waals surface area contributed by atoms with Crippen molar-refractivity contribution in [2.45, 2.75) is 26.4 Å². The number of hydrogen-bond acceptors (Lipinski definition) is 4. The normalized spacial score (nSPS) is 11.3. The smallest absolute Gasteiger partial charge is 0.466 e. The van der Waals surface area contributed by atoms with Crippen molar-refractivity contribution in [3.05, 3.63) is 21.0 Å². The largest absolute Gasteiger partial charge is 0.573 e. The summed E-state index contributed by atoms with van der Waals surface area (Å²) >= 11 is 1.52. The lowest BCUT2D eigenvalue weighted by atomic mass is 10.1. The third-order valence-corrected chi connectivity index (χ3v) is 2.87. The number of carbonyl (C=O) groups is 1. The van der Waals surface area contributed by atoms with E-state index in [1.807, 2.05) is 0 Å². The Morgan fingerprint density at radius 1 is 1.45 bits per heavy atom. The lowest BCUT2D eigenvalue weighted by molar-refractivity contribution is -0.275. The quantitative estimate of drug-likeness (QED) is 0.326. The second kappa shape index (κ2) is 7.04. The molecule has 1 aromatic rings. The standard InChI is InChI=1S/C11H10F4INO3/c1-2-19-9(18)4-7-6(5-12)3-8(10(16)17-7)20-11(13,14)15/h3H,2,4-5H2,1H3. The van der Waals surface area contributed by atoms with Crippen molar-refractivity contribution < 1.29 is 31.8 Å². The zero-order valence-electron chi connectivity index (χ0n) is 10.3. The number of halogens is 5. The Hall–Kier alpha value is -1.13. The van der Waals surface area contributed by atoms with E-state index in [1.54, 1.807) is 6.92 Å². The number of alkyl halides is 4. The molecular weight excluding hydrogens is 397 g/mol. The number of carbonyl (C=O) groups excluding carboxylic acids is 1. The van der Waals surface area contributed by atoms with Gasteiger partial charge in [-0.15, -0.1) is 13.2 Å². The number of pyridine rings is 1. The van der Waals surface area contributed by atoms with Crippen molar-refractivity contribution in [2.75, 3.05) is 6.61 Å². The highest BCUT2D eigenvalue weighted by Crippen LogP contribution is 2.29. The highest BCUT2D eigenvalue weighted by molar-refractivity contribution is 14.1. The van der Waals surface area contributed by atoms with Crippen LogP contribution in [-0.4, -0.2) is 23.9 Å². The highest BCUT2D eigenvalue weighted by atomic mass is 127. The lowest BCUT2D eigenvalue weighted by Crippen LogP contribution is -2.19. The fraction of sp³-hybridized carbons (Fsp3) is 0.455. The van der Waals surface area contributed by atoms with Crippen LogP contribution in [-0.2, 0) is 22.6 Å². The minimum atomic E-state index is -4.89. The maximum absolute atomic E-state index is 12.8. The SMILES string of the molecule is CCOC(=O)Cc1nc(I)c(OC(F)(F)F)cc1CF. The highest BCUT2D eigenvalue weighted by Gasteiger charge is 2.32. The molecule has 0 aliphatic rings. The minimum Gasteiger partial charge on any atom is -0.466 e. The summed E-state index contributed by atoms with van der Waals surface area (Å²) in [7, 11) is 0. The van der Waals surface area contributed by atoms with Crippen LogP contribution in [0.3, 0.4) is 0 Å². The van der Waals surface area contributed by atoms with Crippen molar-refractivity contribution in [1.82, 2.24) is 4.98 Å². The Morgan fingerprint density at radius 2 is 2.10 bits per heavy atom. The summed E-state index contributed by atoms with van der Waals surface area (Å²) in [5.41, 5.74) is -0.109. The number of nitrogens with zero attached hydrogens (tertiary/aromatic N) is 1. The Balaban J connectivity index is 3.04. The molecule has 0 aliphatic carbocycles. The van der Waals surface area contributed by atoms with E-state index in [9.17, 15) is 22.4 Å². The molecule has 0 unspecified atom stereocenters. The van der Waals surface area contributed by atoms with Gasteiger partial charge in [-0.2, -0.15) is 0 Å². The summed E-state index contributed by atoms with van der Waals surface area (Å²) in [6.07, 6.45) is -5.20. The summed E-state index contributed by atoms with van der Waals surface area (Å²) < 4.78 is 57.6. The van der Waals surface area contributed by atoms with Crippen LogP contribution >= 0.6 is 22.6 Å². The number of esters is 1. The molecule has 0 amide bonds. The number of hydrogen-bond donors (Lipinski definition) is 0. The average molecular weight is 407 g/mol. The van der Waals surface area contributed by atoms with Gasteiger partial charge in [-0.1, -0.05) is 0 Å². The molecule has 20 heavy (non-hydrogen) atoms. The number of ether oxygens (including phenoxy) is 2. The van der Waals surface area contributed by atoms with Gasteiger partial charge in [-0.3, -0.25) is 4.79 Å². The summed E-state index contributed by atoms with van der Waals surface area (Å²) in [4.78, 5) is 15.1. The molecule has 0 spiro atoms. The first-order valence-electron chi connectivity index (χ1n) is 5.42. The van der Waals surface area contributed by atoms with E-state index in [2.05, 4.69) is 14.5 Å². The molecule has 1 aromatic heterocycles. The van der Waals surface area contributed by atoms with Crippen LogP contribution in [0.15, 0.2) is 6.07 Å². The monoisotopic (exact) mass is 407 g/mol. The first-order chi connectivity index (χ1) is 9.26. The molecule has 0 N–H and O–H groups in total. The second-order valence-corrected chi connectivity index (χ2v) is 4.57. The van der Waals surface area contributed by atoms with E-state index in [0.717, 1.165) is 6.07 Å². The van der Waals surface area contributed by atoms with E-state index in [4.69, 9.17) is 0 Å². The van der Waals surface area contributed by atoms with Crippen LogP contribution in [0.1, 0.15) is 18.2 Å². The number of rotatable bonds is 5. The predicted octanol–water partition coefficient (Wildman–Crippen LogP) is 3.16. The molecule has 0 aromatic carbocycles. The molecule has 9 heteroatoms. The van der Waals surface area contributed by atoms with Crippen LogP contribution in [0.25, 0.3) is 0 Å². The van der Waals surface area contributed by atoms with Crippen LogP contribution in [0.4, 0.5) is 17.6 Å². The zero-order chi connectivity index (χ0) is 15.3. The van der Waals surface area contributed by atoms with E-state index in [1.165, 1.54) is 22.6 Å². The van der Waals surface area contributed by atoms with Gasteiger partial charge in [-0.05, 0) is 35.6 Å². The van der Waals surface area contributed by atoms with Crippen LogP contribution < -0.4 is 4.74 Å². The van der Waals surface area contributed by atoms with Crippen LogP contribution in [0.5, 0.6) is 5.75 Å². The first-order valence-corrected chi connectivity index (χ1v) is 6.50. The lowest BCUT2D eigenvalue weighted by Gasteiger charge is -2.13. The fourth-order valence-electron chi connectivity index (χ4n) is 1.36. The molecule has 4 nitrogen and oxygen atoms in total. The molecule has 0 aliphatic heterocycles. The Morgan fingerprint density at radius 3 is 2.60 bits per heavy atom. The van der Waals surface area contributed by atoms with Gasteiger partial charge in [-0.25, -0.2) is 9.37 Å². The molecule has 0 saturated heterocycles. The predicted molar refractivity (Wildman–Crippen MR) is 68.8 cm³/mol. The van der Waals surface area contributed by atoms with Crippen molar-refractivity contribution in [2.24, 2.45) is 0 Å². The maximum atomic E-state index is 12.8. The summed E-state index contributed by atoms with van der Waals surface area (Å²) in [5.74, 6) is -1.23. The van der Waals surface area contributed by atoms with Gasteiger partial charge in [0.25, 0.3) is 0 Å². The molecule has 0 bridgehead atoms. The average Bonchev–Trinajstić information content (AvgIpc) is 2.31. The van der Waals surface area contributed by atoms with Gasteiger partial charge in [0.1, 0.15) is 10.4 Å². The van der Waals surface area contributed by atoms with Gasteiger partial charge in [0.05, 0.1) is 18.7 Å². The van der Waals surface area contributed by atoms with Crippen LogP contribution in [0, 0.1) is 3.70 Å². The molecule has 112 valence electrons. The first kappa shape index (κ1) is 16.9. The van der Waals surface area contributed by atoms with Gasteiger partial charge in [0, 0.05) is 5.56 Å². The van der Waals surface area contributed by atoms with Crippen LogP contribution in [0.2, 0.25) is 0 Å². The van der Waals surface area contributed by atoms with Gasteiger partial charge in [0.15, 0.2) is 5.75 Å². The topological polar surface area (TPSA) is 48.4 Å². The second-order valence-electron chi connectivity index (χ2n) is 3.55. The van der Waals surface area contributed by atoms with E-state index in [-0.39, 0.29) is 28.0 Å². The van der Waals surface area contributed by atoms with Crippen molar-refractivity contribution >= 4 is 28.6 Å². The zero-order valence-corrected chi connectivity index (χ0v) is 12.4. The molecule has 1 rings (SSSR count). The van der Waals surface area contributed by atoms with Crippen molar-refractivity contribution in [3.8, 4) is 5.75 Å². The Bertz CT molecular complexity index is 493. The Kier molecular flexibility index (Phi) is 5.96. The molecule has 0 radical (unpaired) electrons. The van der Waals surface area contributed by atoms with Gasteiger partial charge in [0.2, 0.25) is 0 Å². The van der Waals surface area contributed by atoms with Gasteiger partial charge >= 0.3 is 12.3 Å². The van der Waals surface area contributed by atoms with E-state index in [0.29, 0.717) is 0 Å². The third-order valence-electron chi connectivity index (χ3n) is 2.10. The third kappa shape index (κ3) is 5.10. The minimum absolute atomic E-state index is 0.0323. The van der Waals surface area contributed by atoms with Crippen molar-refractivity contribution in [3.63, 3.8) is 0 Å². The van der Waals surface area contributed by atoms with Gasteiger partial charge < -0.3 is 9.47 Å². The number of aromatic nitrogens is 1. The molecule has 0 fully saturated rings. The summed E-state index contributed by atoms with van der Waals surface area (Å²) in [6.45, 7) is 0.689. The molecule has 0 saturated carbocycles. The Labute approximate surface area is 125 Å². The fourth-order valence-corrected chi connectivity index (χ4v) is 1.92. The molecule has 1 heterocycles. The molecular formula is C11H10F4INO3. The van der Waals surface area contributed by atoms with Crippen molar-refractivity contribution in [1.29, 1.82) is 0 Å². The van der Waals surface area contributed by atoms with E-state index < -0.39 is 24.8 Å². The summed E-state index contributed by atoms with van der Waals surface area (Å²) in [5, 5.41) is 0. The maximum Gasteiger partial charge on any atom is 0.573 e. The molecule has 0 atom stereocenters. The summed E-state index contributed by atoms with van der Waals surface area (Å²) in [6, 6.07) is 0.886.